The molecule has 3 aromatic rings. The van der Waals surface area contributed by atoms with Crippen LogP contribution >= 0.6 is 11.3 Å². The normalized spacial score (nSPS) is 12.7. The molecule has 1 atom stereocenters. The van der Waals surface area contributed by atoms with E-state index in [0.717, 1.165) is 21.6 Å². The molecule has 0 bridgehead atoms. The fourth-order valence-corrected chi connectivity index (χ4v) is 3.52. The molecule has 24 heavy (non-hydrogen) atoms. The fraction of sp³-hybridized carbons (Fsp3) is 0.333. The number of para-hydroxylation sites is 1. The number of benzene rings is 1. The van der Waals surface area contributed by atoms with Gasteiger partial charge in [-0.25, -0.2) is 4.98 Å². The maximum absolute atomic E-state index is 12.3. The third-order valence-electron chi connectivity index (χ3n) is 3.71. The molecule has 5 nitrogen and oxygen atoms in total. The Morgan fingerprint density at radius 1 is 1.29 bits per heavy atom. The standard InChI is InChI=1S/C18H21N3O2S/c1-11(2)9-12(10-19)20-17(22)14-7-8-15(23-14)18-21-13-5-3-4-6-16(13)24-18/h3-8,11-12H,9-10,19H2,1-2H3,(H,20,22). The lowest BCUT2D eigenvalue weighted by Crippen LogP contribution is -2.40. The SMILES string of the molecule is CC(C)CC(CN)NC(=O)c1ccc(-c2nc3ccccc3s2)o1. The number of thiazole rings is 1. The zero-order valence-electron chi connectivity index (χ0n) is 13.8. The van der Waals surface area contributed by atoms with E-state index < -0.39 is 0 Å². The zero-order chi connectivity index (χ0) is 17.1. The second-order valence-electron chi connectivity index (χ2n) is 6.19. The van der Waals surface area contributed by atoms with Crippen LogP contribution in [0.5, 0.6) is 0 Å². The Hall–Kier alpha value is -2.18. The average molecular weight is 343 g/mol. The van der Waals surface area contributed by atoms with E-state index >= 15 is 0 Å². The number of hydrogen-bond donors (Lipinski definition) is 2. The number of furan rings is 1. The topological polar surface area (TPSA) is 81.1 Å². The molecule has 3 N–H and O–H groups in total. The molecule has 0 saturated heterocycles. The Morgan fingerprint density at radius 2 is 2.08 bits per heavy atom. The van der Waals surface area contributed by atoms with E-state index in [0.29, 0.717) is 18.2 Å². The minimum Gasteiger partial charge on any atom is -0.448 e. The van der Waals surface area contributed by atoms with Crippen molar-refractivity contribution >= 4 is 27.5 Å². The van der Waals surface area contributed by atoms with Gasteiger partial charge < -0.3 is 15.5 Å². The number of carbonyl (C=O) groups excluding carboxylic acids is 1. The molecule has 1 aromatic carbocycles. The molecule has 0 radical (unpaired) electrons. The van der Waals surface area contributed by atoms with Gasteiger partial charge in [-0.3, -0.25) is 4.79 Å². The van der Waals surface area contributed by atoms with E-state index in [-0.39, 0.29) is 17.7 Å². The fourth-order valence-electron chi connectivity index (χ4n) is 2.59. The van der Waals surface area contributed by atoms with Crippen LogP contribution in [0.1, 0.15) is 30.8 Å². The molecule has 3 rings (SSSR count). The highest BCUT2D eigenvalue weighted by molar-refractivity contribution is 7.21. The van der Waals surface area contributed by atoms with Gasteiger partial charge in [0.2, 0.25) is 0 Å². The third kappa shape index (κ3) is 3.66. The minimum atomic E-state index is -0.238. The van der Waals surface area contributed by atoms with Crippen LogP contribution in [0.4, 0.5) is 0 Å². The molecule has 2 aromatic heterocycles. The van der Waals surface area contributed by atoms with Crippen LogP contribution in [0.2, 0.25) is 0 Å². The van der Waals surface area contributed by atoms with Gasteiger partial charge in [-0.05, 0) is 36.6 Å². The Labute approximate surface area is 144 Å². The zero-order valence-corrected chi connectivity index (χ0v) is 14.6. The molecule has 6 heteroatoms. The van der Waals surface area contributed by atoms with Gasteiger partial charge in [0, 0.05) is 12.6 Å². The van der Waals surface area contributed by atoms with Gasteiger partial charge >= 0.3 is 0 Å². The maximum Gasteiger partial charge on any atom is 0.287 e. The highest BCUT2D eigenvalue weighted by Crippen LogP contribution is 2.31. The van der Waals surface area contributed by atoms with Gasteiger partial charge in [0.25, 0.3) is 5.91 Å². The number of carbonyl (C=O) groups is 1. The van der Waals surface area contributed by atoms with Crippen LogP contribution in [-0.4, -0.2) is 23.5 Å². The number of hydrogen-bond acceptors (Lipinski definition) is 5. The first-order valence-electron chi connectivity index (χ1n) is 8.03. The molecule has 0 saturated carbocycles. The highest BCUT2D eigenvalue weighted by atomic mass is 32.1. The predicted molar refractivity (Wildman–Crippen MR) is 97.1 cm³/mol. The summed E-state index contributed by atoms with van der Waals surface area (Å²) in [6, 6.07) is 11.3. The van der Waals surface area contributed by atoms with Crippen molar-refractivity contribution in [2.75, 3.05) is 6.54 Å². The number of aromatic nitrogens is 1. The minimum absolute atomic E-state index is 0.0477. The van der Waals surface area contributed by atoms with E-state index in [1.54, 1.807) is 23.5 Å². The van der Waals surface area contributed by atoms with Crippen LogP contribution in [0.15, 0.2) is 40.8 Å². The Bertz CT molecular complexity index is 805. The smallest absolute Gasteiger partial charge is 0.287 e. The maximum atomic E-state index is 12.3. The lowest BCUT2D eigenvalue weighted by Gasteiger charge is -2.17. The van der Waals surface area contributed by atoms with Gasteiger partial charge in [0.1, 0.15) is 0 Å². The predicted octanol–water partition coefficient (Wildman–Crippen LogP) is 3.66. The van der Waals surface area contributed by atoms with Crippen molar-refractivity contribution in [3.8, 4) is 10.8 Å². The van der Waals surface area contributed by atoms with Gasteiger partial charge in [-0.1, -0.05) is 26.0 Å². The molecular weight excluding hydrogens is 322 g/mol. The van der Waals surface area contributed by atoms with Crippen molar-refractivity contribution in [1.29, 1.82) is 0 Å². The van der Waals surface area contributed by atoms with E-state index in [9.17, 15) is 4.79 Å². The Kier molecular flexibility index (Phi) is 4.97. The first-order chi connectivity index (χ1) is 11.6. The number of amides is 1. The summed E-state index contributed by atoms with van der Waals surface area (Å²) < 4.78 is 6.80. The number of nitrogens with zero attached hydrogens (tertiary/aromatic N) is 1. The number of rotatable bonds is 6. The lowest BCUT2D eigenvalue weighted by molar-refractivity contribution is 0.0906. The molecular formula is C18H21N3O2S. The molecule has 0 aliphatic heterocycles. The summed E-state index contributed by atoms with van der Waals surface area (Å²) in [5.74, 6) is 1.12. The molecule has 126 valence electrons. The number of fused-ring (bicyclic) bond motifs is 1. The van der Waals surface area contributed by atoms with Gasteiger partial charge in [-0.2, -0.15) is 0 Å². The number of nitrogens with one attached hydrogen (secondary N) is 1. The van der Waals surface area contributed by atoms with Crippen molar-refractivity contribution in [2.24, 2.45) is 11.7 Å². The highest BCUT2D eigenvalue weighted by Gasteiger charge is 2.18. The summed E-state index contributed by atoms with van der Waals surface area (Å²) in [5, 5.41) is 3.70. The molecule has 0 aliphatic rings. The van der Waals surface area contributed by atoms with Gasteiger partial charge in [0.05, 0.1) is 10.2 Å². The van der Waals surface area contributed by atoms with E-state index in [1.165, 1.54) is 0 Å². The second kappa shape index (κ2) is 7.15. The summed E-state index contributed by atoms with van der Waals surface area (Å²) in [7, 11) is 0. The average Bonchev–Trinajstić information content (AvgIpc) is 3.20. The lowest BCUT2D eigenvalue weighted by atomic mass is 10.0. The first kappa shape index (κ1) is 16.7. The summed E-state index contributed by atoms with van der Waals surface area (Å²) >= 11 is 1.55. The van der Waals surface area contributed by atoms with Gasteiger partial charge in [0.15, 0.2) is 16.5 Å². The van der Waals surface area contributed by atoms with Crippen molar-refractivity contribution in [3.63, 3.8) is 0 Å². The van der Waals surface area contributed by atoms with Crippen molar-refractivity contribution < 1.29 is 9.21 Å². The van der Waals surface area contributed by atoms with E-state index in [4.69, 9.17) is 10.2 Å². The summed E-state index contributed by atoms with van der Waals surface area (Å²) in [4.78, 5) is 16.9. The molecule has 0 fully saturated rings. The van der Waals surface area contributed by atoms with Crippen LogP contribution in [0.25, 0.3) is 21.0 Å². The molecule has 2 heterocycles. The second-order valence-corrected chi connectivity index (χ2v) is 7.22. The monoisotopic (exact) mass is 343 g/mol. The third-order valence-corrected chi connectivity index (χ3v) is 4.76. The van der Waals surface area contributed by atoms with Crippen LogP contribution in [0, 0.1) is 5.92 Å². The summed E-state index contributed by atoms with van der Waals surface area (Å²) in [5.41, 5.74) is 6.66. The number of nitrogens with two attached hydrogens (primary N) is 1. The van der Waals surface area contributed by atoms with Crippen LogP contribution < -0.4 is 11.1 Å². The van der Waals surface area contributed by atoms with Crippen molar-refractivity contribution in [1.82, 2.24) is 10.3 Å². The van der Waals surface area contributed by atoms with Crippen molar-refractivity contribution in [3.05, 3.63) is 42.2 Å². The summed E-state index contributed by atoms with van der Waals surface area (Å²) in [6.07, 6.45) is 0.841. The van der Waals surface area contributed by atoms with Crippen molar-refractivity contribution in [2.45, 2.75) is 26.3 Å². The Balaban J connectivity index is 1.76. The van der Waals surface area contributed by atoms with E-state index in [1.807, 2.05) is 24.3 Å². The molecule has 1 unspecified atom stereocenters. The largest absolute Gasteiger partial charge is 0.448 e. The summed E-state index contributed by atoms with van der Waals surface area (Å²) in [6.45, 7) is 4.62. The Morgan fingerprint density at radius 3 is 2.79 bits per heavy atom. The van der Waals surface area contributed by atoms with Crippen LogP contribution in [-0.2, 0) is 0 Å². The first-order valence-corrected chi connectivity index (χ1v) is 8.85. The van der Waals surface area contributed by atoms with E-state index in [2.05, 4.69) is 24.1 Å². The molecule has 0 spiro atoms. The quantitative estimate of drug-likeness (QED) is 0.716. The molecule has 1 amide bonds. The van der Waals surface area contributed by atoms with Gasteiger partial charge in [-0.15, -0.1) is 11.3 Å². The van der Waals surface area contributed by atoms with Crippen LogP contribution in [0.3, 0.4) is 0 Å². The molecule has 0 aliphatic carbocycles.